The number of hydrogen-bond acceptors (Lipinski definition) is 1. The van der Waals surface area contributed by atoms with Crippen LogP contribution in [-0.4, -0.2) is 9.55 Å². The van der Waals surface area contributed by atoms with E-state index in [1.807, 2.05) is 60.7 Å². The maximum Gasteiger partial charge on any atom is 0.138 e. The number of pyridine rings is 1. The summed E-state index contributed by atoms with van der Waals surface area (Å²) in [6.45, 7) is 1.83. The number of hydrogen-bond donors (Lipinski definition) is 0. The molecule has 198 valence electrons. The van der Waals surface area contributed by atoms with E-state index in [0.29, 0.717) is 11.4 Å². The fourth-order valence-electron chi connectivity index (χ4n) is 6.18. The van der Waals surface area contributed by atoms with Gasteiger partial charge in [-0.2, -0.15) is 0 Å². The summed E-state index contributed by atoms with van der Waals surface area (Å²) in [6, 6.07) is 39.2. The first kappa shape index (κ1) is 22.2. The van der Waals surface area contributed by atoms with Crippen molar-refractivity contribution in [3.8, 4) is 39.2 Å². The van der Waals surface area contributed by atoms with Crippen molar-refractivity contribution >= 4 is 37.7 Å². The molecule has 2 heterocycles. The lowest BCUT2D eigenvalue weighted by Crippen LogP contribution is -2.02. The van der Waals surface area contributed by atoms with E-state index in [1.54, 1.807) is 6.20 Å². The van der Waals surface area contributed by atoms with Crippen LogP contribution in [0.1, 0.15) is 20.8 Å². The maximum atomic E-state index is 8.64. The molecule has 0 saturated carbocycles. The SMILES string of the molecule is [2H]C([2H])([2H])c1cnc(-n2c3ccccc3c3ccc(Br)cc32)cc1-c1c(-c2ccccc2)c(C)cc(C)c1-c1ccccc1. The standard InChI is InChI=1S/C38H29BrN2/c1-24-20-25(2)37(28-14-8-5-9-15-28)38(36(24)27-12-6-4-7-13-27)32-22-35(40-23-26(32)3)41-33-17-11-10-16-30(33)31-19-18-29(39)21-34(31)41/h4-23H,1-3H3/i3D3. The highest BCUT2D eigenvalue weighted by Gasteiger charge is 2.22. The third-order valence-corrected chi connectivity index (χ3v) is 8.36. The smallest absolute Gasteiger partial charge is 0.138 e. The molecule has 2 aromatic heterocycles. The highest BCUT2D eigenvalue weighted by atomic mass is 79.9. The van der Waals surface area contributed by atoms with Crippen LogP contribution in [0.3, 0.4) is 0 Å². The van der Waals surface area contributed by atoms with Crippen LogP contribution in [0.15, 0.2) is 126 Å². The van der Waals surface area contributed by atoms with Gasteiger partial charge in [0.2, 0.25) is 0 Å². The molecule has 0 aliphatic carbocycles. The van der Waals surface area contributed by atoms with Crippen LogP contribution in [0.25, 0.3) is 61.0 Å². The molecule has 3 heteroatoms. The molecule has 0 amide bonds. The quantitative estimate of drug-likeness (QED) is 0.198. The molecule has 2 nitrogen and oxygen atoms in total. The zero-order valence-corrected chi connectivity index (χ0v) is 24.4. The summed E-state index contributed by atoms with van der Waals surface area (Å²) < 4.78 is 29.0. The van der Waals surface area contributed by atoms with Crippen molar-refractivity contribution in [3.05, 3.63) is 143 Å². The van der Waals surface area contributed by atoms with E-state index in [2.05, 4.69) is 88.9 Å². The topological polar surface area (TPSA) is 17.8 Å². The van der Waals surface area contributed by atoms with E-state index in [1.165, 1.54) is 0 Å². The van der Waals surface area contributed by atoms with Crippen LogP contribution < -0.4 is 0 Å². The Bertz CT molecular complexity index is 2120. The summed E-state index contributed by atoms with van der Waals surface area (Å²) in [5.41, 5.74) is 10.0. The molecule has 0 bridgehead atoms. The Kier molecular flexibility index (Phi) is 5.52. The number of rotatable bonds is 4. The first-order valence-corrected chi connectivity index (χ1v) is 14.5. The maximum absolute atomic E-state index is 8.64. The molecule has 0 spiro atoms. The Morgan fingerprint density at radius 1 is 0.610 bits per heavy atom. The molecule has 0 saturated heterocycles. The summed E-state index contributed by atoms with van der Waals surface area (Å²) in [7, 11) is 0. The molecular formula is C38H29BrN2. The molecule has 0 aliphatic heterocycles. The lowest BCUT2D eigenvalue weighted by molar-refractivity contribution is 1.07. The molecule has 0 N–H and O–H groups in total. The molecule has 0 unspecified atom stereocenters. The molecule has 41 heavy (non-hydrogen) atoms. The van der Waals surface area contributed by atoms with E-state index in [9.17, 15) is 0 Å². The fourth-order valence-corrected chi connectivity index (χ4v) is 6.52. The van der Waals surface area contributed by atoms with Crippen molar-refractivity contribution in [2.45, 2.75) is 20.7 Å². The Balaban J connectivity index is 1.65. The first-order valence-electron chi connectivity index (χ1n) is 15.2. The molecule has 5 aromatic carbocycles. The lowest BCUT2D eigenvalue weighted by atomic mass is 9.82. The van der Waals surface area contributed by atoms with Gasteiger partial charge in [-0.15, -0.1) is 0 Å². The normalized spacial score (nSPS) is 12.8. The van der Waals surface area contributed by atoms with E-state index < -0.39 is 6.85 Å². The third kappa shape index (κ3) is 4.29. The van der Waals surface area contributed by atoms with Crippen molar-refractivity contribution in [1.29, 1.82) is 0 Å². The summed E-state index contributed by atoms with van der Waals surface area (Å²) in [5.74, 6) is 0.662. The summed E-state index contributed by atoms with van der Waals surface area (Å²) in [5, 5.41) is 2.22. The third-order valence-electron chi connectivity index (χ3n) is 7.87. The van der Waals surface area contributed by atoms with Crippen LogP contribution >= 0.6 is 15.9 Å². The van der Waals surface area contributed by atoms with Crippen molar-refractivity contribution in [1.82, 2.24) is 9.55 Å². The van der Waals surface area contributed by atoms with Crippen molar-refractivity contribution in [2.75, 3.05) is 0 Å². The minimum Gasteiger partial charge on any atom is -0.294 e. The molecular weight excluding hydrogens is 564 g/mol. The summed E-state index contributed by atoms with van der Waals surface area (Å²) in [6.07, 6.45) is 1.55. The van der Waals surface area contributed by atoms with E-state index in [-0.39, 0.29) is 5.56 Å². The number of benzene rings is 5. The Morgan fingerprint density at radius 2 is 1.22 bits per heavy atom. The van der Waals surface area contributed by atoms with Crippen molar-refractivity contribution < 1.29 is 4.11 Å². The molecule has 0 radical (unpaired) electrons. The number of aromatic nitrogens is 2. The molecule has 0 atom stereocenters. The second-order valence-electron chi connectivity index (χ2n) is 10.5. The van der Waals surface area contributed by atoms with Gasteiger partial charge in [0, 0.05) is 25.6 Å². The van der Waals surface area contributed by atoms with Gasteiger partial charge < -0.3 is 0 Å². The van der Waals surface area contributed by atoms with E-state index in [0.717, 1.165) is 65.2 Å². The average Bonchev–Trinajstić information content (AvgIpc) is 3.34. The average molecular weight is 597 g/mol. The molecule has 0 fully saturated rings. The highest BCUT2D eigenvalue weighted by molar-refractivity contribution is 9.10. The second-order valence-corrected chi connectivity index (χ2v) is 11.4. The number of halogens is 1. The van der Waals surface area contributed by atoms with Crippen LogP contribution in [0.5, 0.6) is 0 Å². The molecule has 0 aliphatic rings. The van der Waals surface area contributed by atoms with Gasteiger partial charge in [0.05, 0.1) is 11.0 Å². The number of nitrogens with zero attached hydrogens (tertiary/aromatic N) is 2. The van der Waals surface area contributed by atoms with Crippen LogP contribution in [0.2, 0.25) is 0 Å². The van der Waals surface area contributed by atoms with Gasteiger partial charge in [0.25, 0.3) is 0 Å². The van der Waals surface area contributed by atoms with Gasteiger partial charge in [-0.3, -0.25) is 4.57 Å². The van der Waals surface area contributed by atoms with Gasteiger partial charge in [-0.1, -0.05) is 107 Å². The molecule has 7 rings (SSSR count). The Hall–Kier alpha value is -4.47. The van der Waals surface area contributed by atoms with E-state index in [4.69, 9.17) is 9.10 Å². The van der Waals surface area contributed by atoms with Gasteiger partial charge in [-0.05, 0) is 95.0 Å². The van der Waals surface area contributed by atoms with Crippen molar-refractivity contribution in [3.63, 3.8) is 0 Å². The first-order chi connectivity index (χ1) is 21.2. The monoisotopic (exact) mass is 595 g/mol. The zero-order valence-electron chi connectivity index (χ0n) is 25.8. The Morgan fingerprint density at radius 3 is 1.88 bits per heavy atom. The van der Waals surface area contributed by atoms with Gasteiger partial charge >= 0.3 is 0 Å². The van der Waals surface area contributed by atoms with Crippen LogP contribution in [-0.2, 0) is 0 Å². The van der Waals surface area contributed by atoms with Gasteiger partial charge in [-0.25, -0.2) is 4.98 Å². The van der Waals surface area contributed by atoms with Crippen LogP contribution in [0, 0.1) is 20.7 Å². The minimum absolute atomic E-state index is 0.225. The number of aryl methyl sites for hydroxylation is 3. The fraction of sp³-hybridized carbons (Fsp3) is 0.0789. The predicted octanol–water partition coefficient (Wildman–Crippen LogP) is 10.9. The zero-order chi connectivity index (χ0) is 30.6. The van der Waals surface area contributed by atoms with Gasteiger partial charge in [0.1, 0.15) is 5.82 Å². The predicted molar refractivity (Wildman–Crippen MR) is 177 cm³/mol. The van der Waals surface area contributed by atoms with Crippen molar-refractivity contribution in [2.24, 2.45) is 0 Å². The summed E-state index contributed by atoms with van der Waals surface area (Å²) in [4.78, 5) is 4.84. The lowest BCUT2D eigenvalue weighted by Gasteiger charge is -2.23. The summed E-state index contributed by atoms with van der Waals surface area (Å²) >= 11 is 3.66. The minimum atomic E-state index is -2.38. The molecule has 7 aromatic rings. The van der Waals surface area contributed by atoms with Crippen LogP contribution in [0.4, 0.5) is 0 Å². The number of para-hydroxylation sites is 1. The van der Waals surface area contributed by atoms with E-state index >= 15 is 0 Å². The number of fused-ring (bicyclic) bond motifs is 3. The Labute approximate surface area is 253 Å². The van der Waals surface area contributed by atoms with Gasteiger partial charge in [0.15, 0.2) is 0 Å². The second kappa shape index (κ2) is 10.2. The largest absolute Gasteiger partial charge is 0.294 e. The highest BCUT2D eigenvalue weighted by Crippen LogP contribution is 2.45.